The third-order valence-corrected chi connectivity index (χ3v) is 8.22. The van der Waals surface area contributed by atoms with Crippen molar-refractivity contribution >= 4 is 40.7 Å². The number of carbonyl (C=O) groups excluding carboxylic acids is 2. The molecule has 204 valence electrons. The zero-order valence-corrected chi connectivity index (χ0v) is 22.4. The van der Waals surface area contributed by atoms with Crippen molar-refractivity contribution < 1.29 is 27.8 Å². The number of carbonyl (C=O) groups is 2. The first-order valence-electron chi connectivity index (χ1n) is 11.9. The molecule has 4 rings (SSSR count). The van der Waals surface area contributed by atoms with E-state index < -0.39 is 22.4 Å². The predicted molar refractivity (Wildman–Crippen MR) is 145 cm³/mol. The van der Waals surface area contributed by atoms with E-state index in [2.05, 4.69) is 15.0 Å². The number of urea groups is 1. The first kappa shape index (κ1) is 29.2. The molecule has 12 heteroatoms. The van der Waals surface area contributed by atoms with E-state index in [-0.39, 0.29) is 60.7 Å². The Labute approximate surface area is 224 Å². The van der Waals surface area contributed by atoms with Crippen LogP contribution in [0, 0.1) is 5.82 Å². The summed E-state index contributed by atoms with van der Waals surface area (Å²) in [5.41, 5.74) is 2.07. The van der Waals surface area contributed by atoms with Crippen LogP contribution < -0.4 is 10.2 Å². The summed E-state index contributed by atoms with van der Waals surface area (Å²) < 4.78 is 39.5. The van der Waals surface area contributed by atoms with E-state index in [1.165, 1.54) is 24.1 Å². The fourth-order valence-electron chi connectivity index (χ4n) is 4.36. The third-order valence-electron chi connectivity index (χ3n) is 6.54. The van der Waals surface area contributed by atoms with E-state index in [0.29, 0.717) is 5.69 Å². The van der Waals surface area contributed by atoms with E-state index in [1.807, 2.05) is 24.3 Å². The molecule has 2 fully saturated rings. The summed E-state index contributed by atoms with van der Waals surface area (Å²) >= 11 is 0. The van der Waals surface area contributed by atoms with Crippen LogP contribution in [0.5, 0.6) is 0 Å². The van der Waals surface area contributed by atoms with Gasteiger partial charge < -0.3 is 15.0 Å². The second-order valence-corrected chi connectivity index (χ2v) is 11.5. The van der Waals surface area contributed by atoms with E-state index in [1.54, 1.807) is 4.90 Å². The summed E-state index contributed by atoms with van der Waals surface area (Å²) in [6.45, 7) is 5.05. The average molecular weight is 557 g/mol. The lowest BCUT2D eigenvalue weighted by Gasteiger charge is -2.42. The zero-order chi connectivity index (χ0) is 25.7. The Morgan fingerprint density at radius 2 is 1.70 bits per heavy atom. The number of halogens is 2. The molecule has 0 unspecified atom stereocenters. The summed E-state index contributed by atoms with van der Waals surface area (Å²) in [5, 5.41) is 3.34. The Hall–Kier alpha value is -2.41. The van der Waals surface area contributed by atoms with Gasteiger partial charge in [0.1, 0.15) is 5.82 Å². The van der Waals surface area contributed by atoms with Crippen LogP contribution in [-0.2, 0) is 17.8 Å². The van der Waals surface area contributed by atoms with Crippen molar-refractivity contribution in [3.05, 3.63) is 65.0 Å². The number of nitrogens with one attached hydrogen (secondary N) is 1. The minimum Gasteiger partial charge on any atom is -0.465 e. The molecule has 0 radical (unpaired) electrons. The molecule has 0 spiro atoms. The van der Waals surface area contributed by atoms with E-state index in [4.69, 9.17) is 0 Å². The summed E-state index contributed by atoms with van der Waals surface area (Å²) in [4.78, 5) is 30.7. The summed E-state index contributed by atoms with van der Waals surface area (Å²) in [6.07, 6.45) is 0. The van der Waals surface area contributed by atoms with E-state index >= 15 is 0 Å². The second-order valence-electron chi connectivity index (χ2n) is 9.06. The molecule has 0 bridgehead atoms. The highest BCUT2D eigenvalue weighted by Gasteiger charge is 2.30. The van der Waals surface area contributed by atoms with Crippen LogP contribution in [0.4, 0.5) is 14.9 Å². The first-order chi connectivity index (χ1) is 17.3. The fraction of sp³-hybridized carbons (Fsp3) is 0.440. The maximum atomic E-state index is 14.9. The van der Waals surface area contributed by atoms with Gasteiger partial charge in [-0.3, -0.25) is 18.9 Å². The zero-order valence-electron chi connectivity index (χ0n) is 20.8. The molecule has 2 aliphatic heterocycles. The number of ether oxygens (including phenoxy) is 1. The normalized spacial score (nSPS) is 18.4. The molecule has 9 nitrogen and oxygen atoms in total. The largest absolute Gasteiger partial charge is 0.465 e. The summed E-state index contributed by atoms with van der Waals surface area (Å²) in [5.74, 6) is -1.00. The van der Waals surface area contributed by atoms with Gasteiger partial charge >= 0.3 is 12.0 Å². The van der Waals surface area contributed by atoms with Crippen LogP contribution in [0.25, 0.3) is 0 Å². The van der Waals surface area contributed by atoms with Crippen molar-refractivity contribution in [3.8, 4) is 0 Å². The Morgan fingerprint density at radius 1 is 1.05 bits per heavy atom. The molecule has 3 N–H and O–H groups in total. The molecule has 0 aliphatic carbocycles. The Morgan fingerprint density at radius 3 is 2.30 bits per heavy atom. The van der Waals surface area contributed by atoms with Crippen LogP contribution in [-0.4, -0.2) is 88.8 Å². The van der Waals surface area contributed by atoms with Gasteiger partial charge in [-0.15, -0.1) is 12.4 Å². The van der Waals surface area contributed by atoms with Gasteiger partial charge in [0.2, 0.25) is 0 Å². The predicted octanol–water partition coefficient (Wildman–Crippen LogP) is 3.63. The molecule has 0 aromatic heterocycles. The molecule has 2 saturated heterocycles. The molecule has 2 aromatic rings. The molecular formula is C25H34ClFN4O5S. The number of hydrogen-bond acceptors (Lipinski definition) is 7. The van der Waals surface area contributed by atoms with E-state index in [9.17, 15) is 23.1 Å². The number of hydrogen-bond donors (Lipinski definition) is 3. The molecular weight excluding hydrogens is 523 g/mol. The Kier molecular flexibility index (Phi) is 10.2. The highest BCUT2D eigenvalue weighted by atomic mass is 35.5. The number of esters is 1. The topological polar surface area (TPSA) is 106 Å². The second kappa shape index (κ2) is 12.9. The number of nitrogens with zero attached hydrogens (tertiary/aromatic N) is 3. The Balaban J connectivity index is 0.00000380. The van der Waals surface area contributed by atoms with Gasteiger partial charge in [-0.25, -0.2) is 14.0 Å². The molecule has 37 heavy (non-hydrogen) atoms. The van der Waals surface area contributed by atoms with Crippen molar-refractivity contribution in [1.82, 2.24) is 15.1 Å². The fourth-order valence-corrected chi connectivity index (χ4v) is 5.59. The third kappa shape index (κ3) is 7.56. The maximum Gasteiger partial charge on any atom is 0.337 e. The number of anilines is 1. The van der Waals surface area contributed by atoms with Crippen LogP contribution >= 0.6 is 23.0 Å². The van der Waals surface area contributed by atoms with Gasteiger partial charge in [0, 0.05) is 57.1 Å². The lowest BCUT2D eigenvalue weighted by molar-refractivity contribution is 0.0600. The van der Waals surface area contributed by atoms with Crippen molar-refractivity contribution in [1.29, 1.82) is 0 Å². The van der Waals surface area contributed by atoms with Crippen molar-refractivity contribution in [2.45, 2.75) is 13.1 Å². The number of methoxy groups -OCH3 is 1. The van der Waals surface area contributed by atoms with Gasteiger partial charge in [0.05, 0.1) is 30.7 Å². The lowest BCUT2D eigenvalue weighted by Crippen LogP contribution is -2.48. The number of piperazine rings is 1. The first-order valence-corrected chi connectivity index (χ1v) is 13.8. The SMILES string of the molecule is COC(=O)c1ccc(CN(C(=O)N2CCS(O)(O)CC2)c2ccc(CN3CCNCC3)cc2)c(F)c1.Cl. The van der Waals surface area contributed by atoms with Crippen molar-refractivity contribution in [2.75, 3.05) is 62.8 Å². The molecule has 2 aromatic carbocycles. The Bertz CT molecular complexity index is 1080. The maximum absolute atomic E-state index is 14.9. The highest BCUT2D eigenvalue weighted by molar-refractivity contribution is 8.24. The van der Waals surface area contributed by atoms with Crippen LogP contribution in [0.1, 0.15) is 21.5 Å². The monoisotopic (exact) mass is 556 g/mol. The average Bonchev–Trinajstić information content (AvgIpc) is 2.88. The van der Waals surface area contributed by atoms with Gasteiger partial charge in [0.15, 0.2) is 0 Å². The molecule has 0 saturated carbocycles. The standard InChI is InChI=1S/C25H33FN4O5S.ClH/c1-35-24(31)20-4-5-21(23(26)16-20)18-30(25(32)29-12-14-36(33,34)15-13-29)22-6-2-19(3-7-22)17-28-10-8-27-9-11-28;/h2-7,16,27,33-34H,8-15,17-18H2,1H3;1H. The van der Waals surface area contributed by atoms with Gasteiger partial charge in [-0.2, -0.15) is 10.6 Å². The molecule has 2 amide bonds. The minimum atomic E-state index is -2.67. The smallest absolute Gasteiger partial charge is 0.337 e. The van der Waals surface area contributed by atoms with E-state index in [0.717, 1.165) is 44.4 Å². The van der Waals surface area contributed by atoms with Gasteiger partial charge in [0.25, 0.3) is 0 Å². The summed E-state index contributed by atoms with van der Waals surface area (Å²) in [6, 6.07) is 11.4. The van der Waals surface area contributed by atoms with Crippen LogP contribution in [0.15, 0.2) is 42.5 Å². The minimum absolute atomic E-state index is 0. The number of benzene rings is 2. The van der Waals surface area contributed by atoms with Crippen molar-refractivity contribution in [2.24, 2.45) is 0 Å². The summed E-state index contributed by atoms with van der Waals surface area (Å²) in [7, 11) is -1.44. The highest BCUT2D eigenvalue weighted by Crippen LogP contribution is 2.40. The molecule has 2 heterocycles. The quantitative estimate of drug-likeness (QED) is 0.467. The van der Waals surface area contributed by atoms with Crippen LogP contribution in [0.3, 0.4) is 0 Å². The number of amides is 2. The molecule has 0 atom stereocenters. The van der Waals surface area contributed by atoms with Gasteiger partial charge in [-0.1, -0.05) is 18.2 Å². The van der Waals surface area contributed by atoms with Gasteiger partial charge in [-0.05, 0) is 29.8 Å². The lowest BCUT2D eigenvalue weighted by atomic mass is 10.1. The molecule has 2 aliphatic rings. The van der Waals surface area contributed by atoms with Crippen LogP contribution in [0.2, 0.25) is 0 Å². The number of rotatable bonds is 6. The van der Waals surface area contributed by atoms with Crippen molar-refractivity contribution in [3.63, 3.8) is 0 Å².